The zero-order valence-corrected chi connectivity index (χ0v) is 8.60. The Morgan fingerprint density at radius 1 is 1.24 bits per heavy atom. The van der Waals surface area contributed by atoms with Gasteiger partial charge in [-0.25, -0.2) is 8.78 Å². The van der Waals surface area contributed by atoms with Crippen LogP contribution in [0, 0.1) is 17.6 Å². The second-order valence-corrected chi connectivity index (χ2v) is 3.36. The Bertz CT molecular complexity index is 379. The molecule has 0 saturated heterocycles. The fourth-order valence-corrected chi connectivity index (χ4v) is 1.07. The molecule has 17 heavy (non-hydrogen) atoms. The van der Waals surface area contributed by atoms with E-state index < -0.39 is 42.6 Å². The highest BCUT2D eigenvalue weighted by molar-refractivity contribution is 5.24. The highest BCUT2D eigenvalue weighted by atomic mass is 19.4. The van der Waals surface area contributed by atoms with E-state index in [-0.39, 0.29) is 0 Å². The molecule has 0 aliphatic rings. The molecule has 1 unspecified atom stereocenters. The first-order valence-corrected chi connectivity index (χ1v) is 4.69. The summed E-state index contributed by atoms with van der Waals surface area (Å²) in [4.78, 5) is 0. The van der Waals surface area contributed by atoms with Crippen LogP contribution < -0.4 is 10.5 Å². The summed E-state index contributed by atoms with van der Waals surface area (Å²) in [5.41, 5.74) is 4.92. The third-order valence-electron chi connectivity index (χ3n) is 2.08. The first kappa shape index (κ1) is 13.7. The summed E-state index contributed by atoms with van der Waals surface area (Å²) < 4.78 is 67.1. The van der Waals surface area contributed by atoms with Crippen LogP contribution in [0.2, 0.25) is 0 Å². The van der Waals surface area contributed by atoms with Gasteiger partial charge in [0.1, 0.15) is 18.3 Å². The predicted molar refractivity (Wildman–Crippen MR) is 50.5 cm³/mol. The minimum atomic E-state index is -4.53. The van der Waals surface area contributed by atoms with E-state index in [0.29, 0.717) is 6.07 Å². The minimum Gasteiger partial charge on any atom is -0.490 e. The largest absolute Gasteiger partial charge is 0.490 e. The predicted octanol–water partition coefficient (Wildman–Crippen LogP) is 2.48. The second-order valence-electron chi connectivity index (χ2n) is 3.36. The standard InChI is InChI=1S/C10H10F5NO/c11-7-1-2-8(12)9(3-7)17-5-6(4-16)10(13,14)15/h1-3,6H,4-5,16H2. The summed E-state index contributed by atoms with van der Waals surface area (Å²) in [6.45, 7) is -1.53. The zero-order chi connectivity index (χ0) is 13.1. The fourth-order valence-electron chi connectivity index (χ4n) is 1.07. The monoisotopic (exact) mass is 255 g/mol. The topological polar surface area (TPSA) is 35.2 Å². The quantitative estimate of drug-likeness (QED) is 0.839. The second kappa shape index (κ2) is 5.31. The molecule has 0 saturated carbocycles. The van der Waals surface area contributed by atoms with Crippen LogP contribution in [0.4, 0.5) is 22.0 Å². The van der Waals surface area contributed by atoms with Crippen molar-refractivity contribution in [1.82, 2.24) is 0 Å². The van der Waals surface area contributed by atoms with E-state index >= 15 is 0 Å². The number of rotatable bonds is 4. The van der Waals surface area contributed by atoms with Crippen molar-refractivity contribution in [3.05, 3.63) is 29.8 Å². The Hall–Kier alpha value is -1.37. The van der Waals surface area contributed by atoms with E-state index in [9.17, 15) is 22.0 Å². The molecule has 0 spiro atoms. The van der Waals surface area contributed by atoms with Gasteiger partial charge in [-0.1, -0.05) is 0 Å². The highest BCUT2D eigenvalue weighted by Crippen LogP contribution is 2.27. The van der Waals surface area contributed by atoms with E-state index in [1.54, 1.807) is 0 Å². The van der Waals surface area contributed by atoms with Crippen molar-refractivity contribution in [1.29, 1.82) is 0 Å². The van der Waals surface area contributed by atoms with Gasteiger partial charge in [0.05, 0.1) is 0 Å². The molecule has 0 aliphatic heterocycles. The number of benzene rings is 1. The van der Waals surface area contributed by atoms with Gasteiger partial charge < -0.3 is 10.5 Å². The Balaban J connectivity index is 2.69. The van der Waals surface area contributed by atoms with Crippen molar-refractivity contribution in [3.63, 3.8) is 0 Å². The van der Waals surface area contributed by atoms with Crippen molar-refractivity contribution in [2.75, 3.05) is 13.2 Å². The zero-order valence-electron chi connectivity index (χ0n) is 8.60. The van der Waals surface area contributed by atoms with E-state index in [1.807, 2.05) is 0 Å². The molecular weight excluding hydrogens is 245 g/mol. The summed E-state index contributed by atoms with van der Waals surface area (Å²) in [7, 11) is 0. The molecule has 0 radical (unpaired) electrons. The molecule has 0 aromatic heterocycles. The number of alkyl halides is 3. The van der Waals surface area contributed by atoms with Crippen molar-refractivity contribution < 1.29 is 26.7 Å². The van der Waals surface area contributed by atoms with Crippen molar-refractivity contribution in [2.45, 2.75) is 6.18 Å². The molecule has 1 aromatic carbocycles. The summed E-state index contributed by atoms with van der Waals surface area (Å²) in [6.07, 6.45) is -4.53. The number of hydrogen-bond donors (Lipinski definition) is 1. The average Bonchev–Trinajstić information content (AvgIpc) is 2.22. The molecule has 2 N–H and O–H groups in total. The van der Waals surface area contributed by atoms with Crippen LogP contribution in [0.5, 0.6) is 5.75 Å². The third-order valence-corrected chi connectivity index (χ3v) is 2.08. The lowest BCUT2D eigenvalue weighted by molar-refractivity contribution is -0.178. The van der Waals surface area contributed by atoms with Crippen molar-refractivity contribution in [3.8, 4) is 5.75 Å². The SMILES string of the molecule is NCC(COc1cc(F)ccc1F)C(F)(F)F. The molecule has 0 bridgehead atoms. The molecule has 7 heteroatoms. The van der Waals surface area contributed by atoms with Crippen LogP contribution in [-0.4, -0.2) is 19.3 Å². The molecule has 0 fully saturated rings. The average molecular weight is 255 g/mol. The highest BCUT2D eigenvalue weighted by Gasteiger charge is 2.39. The molecule has 0 amide bonds. The molecule has 2 nitrogen and oxygen atoms in total. The van der Waals surface area contributed by atoms with Gasteiger partial charge in [-0.15, -0.1) is 0 Å². The fraction of sp³-hybridized carbons (Fsp3) is 0.400. The van der Waals surface area contributed by atoms with Gasteiger partial charge >= 0.3 is 6.18 Å². The molecule has 1 aromatic rings. The molecule has 1 rings (SSSR count). The first-order chi connectivity index (χ1) is 7.84. The normalized spacial score (nSPS) is 13.5. The lowest BCUT2D eigenvalue weighted by Gasteiger charge is -2.18. The number of nitrogens with two attached hydrogens (primary N) is 1. The smallest absolute Gasteiger partial charge is 0.396 e. The van der Waals surface area contributed by atoms with Crippen LogP contribution in [0.3, 0.4) is 0 Å². The summed E-state index contributed by atoms with van der Waals surface area (Å²) >= 11 is 0. The van der Waals surface area contributed by atoms with Crippen LogP contribution in [0.1, 0.15) is 0 Å². The van der Waals surface area contributed by atoms with Crippen LogP contribution >= 0.6 is 0 Å². The van der Waals surface area contributed by atoms with Gasteiger partial charge in [-0.2, -0.15) is 13.2 Å². The molecule has 0 aliphatic carbocycles. The Morgan fingerprint density at radius 2 is 1.88 bits per heavy atom. The van der Waals surface area contributed by atoms with E-state index in [2.05, 4.69) is 4.74 Å². The Morgan fingerprint density at radius 3 is 2.41 bits per heavy atom. The number of halogens is 5. The van der Waals surface area contributed by atoms with Gasteiger partial charge in [-0.3, -0.25) is 0 Å². The van der Waals surface area contributed by atoms with Gasteiger partial charge in [0.25, 0.3) is 0 Å². The van der Waals surface area contributed by atoms with Crippen molar-refractivity contribution in [2.24, 2.45) is 11.7 Å². The lowest BCUT2D eigenvalue weighted by Crippen LogP contribution is -2.35. The van der Waals surface area contributed by atoms with Gasteiger partial charge in [0.2, 0.25) is 0 Å². The summed E-state index contributed by atoms with van der Waals surface area (Å²) in [5.74, 6) is -4.19. The lowest BCUT2D eigenvalue weighted by atomic mass is 10.1. The number of hydrogen-bond acceptors (Lipinski definition) is 2. The molecule has 96 valence electrons. The van der Waals surface area contributed by atoms with Gasteiger partial charge in [-0.05, 0) is 12.1 Å². The summed E-state index contributed by atoms with van der Waals surface area (Å²) in [6, 6.07) is 2.29. The van der Waals surface area contributed by atoms with Crippen LogP contribution in [0.25, 0.3) is 0 Å². The van der Waals surface area contributed by atoms with Crippen molar-refractivity contribution >= 4 is 0 Å². The Labute approximate surface area is 94.2 Å². The van der Waals surface area contributed by atoms with Crippen LogP contribution in [0.15, 0.2) is 18.2 Å². The van der Waals surface area contributed by atoms with Gasteiger partial charge in [0, 0.05) is 12.6 Å². The first-order valence-electron chi connectivity index (χ1n) is 4.69. The maximum absolute atomic E-state index is 13.0. The number of ether oxygens (including phenoxy) is 1. The van der Waals surface area contributed by atoms with Gasteiger partial charge in [0.15, 0.2) is 11.6 Å². The maximum atomic E-state index is 13.0. The molecular formula is C10H10F5NO. The Kier molecular flexibility index (Phi) is 4.28. The molecule has 0 heterocycles. The van der Waals surface area contributed by atoms with E-state index in [0.717, 1.165) is 12.1 Å². The molecule has 1 atom stereocenters. The summed E-state index contributed by atoms with van der Waals surface area (Å²) in [5, 5.41) is 0. The minimum absolute atomic E-state index is 0.562. The maximum Gasteiger partial charge on any atom is 0.396 e. The third kappa shape index (κ3) is 3.85. The van der Waals surface area contributed by atoms with Crippen LogP contribution in [-0.2, 0) is 0 Å². The van der Waals surface area contributed by atoms with E-state index in [1.165, 1.54) is 0 Å². The van der Waals surface area contributed by atoms with E-state index in [4.69, 9.17) is 5.73 Å².